The van der Waals surface area contributed by atoms with Gasteiger partial charge in [-0.25, -0.2) is 9.37 Å². The van der Waals surface area contributed by atoms with Crippen molar-refractivity contribution < 1.29 is 27.1 Å². The number of methoxy groups -OCH3 is 1. The number of aromatic nitrogens is 2. The predicted octanol–water partition coefficient (Wildman–Crippen LogP) is 2.46. The largest absolute Gasteiger partial charge is 0.481 e. The Morgan fingerprint density at radius 1 is 1.27 bits per heavy atom. The summed E-state index contributed by atoms with van der Waals surface area (Å²) in [7, 11) is 1.09. The molecule has 0 saturated carbocycles. The molecule has 0 aliphatic rings. The predicted molar refractivity (Wildman–Crippen MR) is 67.8 cm³/mol. The van der Waals surface area contributed by atoms with E-state index >= 15 is 0 Å². The maximum absolute atomic E-state index is 13.3. The number of halogens is 4. The number of anilines is 1. The lowest BCUT2D eigenvalue weighted by molar-refractivity contribution is -0.141. The van der Waals surface area contributed by atoms with Crippen LogP contribution in [0.25, 0.3) is 0 Å². The van der Waals surface area contributed by atoms with Crippen LogP contribution in [0.15, 0.2) is 24.3 Å². The second-order valence-electron chi connectivity index (χ2n) is 4.15. The van der Waals surface area contributed by atoms with E-state index in [1.807, 2.05) is 0 Å². The fourth-order valence-electron chi connectivity index (χ4n) is 1.63. The van der Waals surface area contributed by atoms with E-state index in [4.69, 9.17) is 5.73 Å². The first-order valence-electron chi connectivity index (χ1n) is 5.83. The maximum atomic E-state index is 13.3. The van der Waals surface area contributed by atoms with Crippen LogP contribution in [0.2, 0.25) is 0 Å². The first-order valence-corrected chi connectivity index (χ1v) is 5.83. The number of hydrogen-bond acceptors (Lipinski definition) is 5. The summed E-state index contributed by atoms with van der Waals surface area (Å²) in [4.78, 5) is 18.9. The van der Waals surface area contributed by atoms with Crippen molar-refractivity contribution in [2.75, 3.05) is 12.8 Å². The normalized spacial score (nSPS) is 11.3. The second-order valence-corrected chi connectivity index (χ2v) is 4.15. The molecule has 9 heteroatoms. The SMILES string of the molecule is COc1cc(C(F)(F)F)nc(C(=O)c2cccc(F)c2N)n1. The van der Waals surface area contributed by atoms with E-state index in [9.17, 15) is 22.4 Å². The summed E-state index contributed by atoms with van der Waals surface area (Å²) in [5.41, 5.74) is 3.24. The van der Waals surface area contributed by atoms with Gasteiger partial charge in [-0.3, -0.25) is 4.79 Å². The number of ether oxygens (including phenoxy) is 1. The number of para-hydroxylation sites is 1. The van der Waals surface area contributed by atoms with Crippen LogP contribution in [-0.4, -0.2) is 22.9 Å². The van der Waals surface area contributed by atoms with Gasteiger partial charge in [0.1, 0.15) is 5.82 Å². The zero-order valence-electron chi connectivity index (χ0n) is 11.1. The van der Waals surface area contributed by atoms with Gasteiger partial charge < -0.3 is 10.5 Å². The molecule has 22 heavy (non-hydrogen) atoms. The Bertz CT molecular complexity index is 732. The van der Waals surface area contributed by atoms with Crippen molar-refractivity contribution in [2.24, 2.45) is 0 Å². The summed E-state index contributed by atoms with van der Waals surface area (Å²) in [6, 6.07) is 3.92. The lowest BCUT2D eigenvalue weighted by atomic mass is 10.1. The van der Waals surface area contributed by atoms with E-state index in [1.165, 1.54) is 6.07 Å². The van der Waals surface area contributed by atoms with E-state index in [0.717, 1.165) is 19.2 Å². The monoisotopic (exact) mass is 315 g/mol. The molecule has 0 amide bonds. The van der Waals surface area contributed by atoms with Crippen LogP contribution in [-0.2, 0) is 6.18 Å². The highest BCUT2D eigenvalue weighted by Gasteiger charge is 2.35. The zero-order valence-corrected chi connectivity index (χ0v) is 11.1. The molecule has 0 saturated heterocycles. The van der Waals surface area contributed by atoms with Crippen molar-refractivity contribution in [2.45, 2.75) is 6.18 Å². The molecule has 0 spiro atoms. The van der Waals surface area contributed by atoms with Gasteiger partial charge in [0.15, 0.2) is 5.69 Å². The Morgan fingerprint density at radius 3 is 2.55 bits per heavy atom. The number of nitrogens with two attached hydrogens (primary N) is 1. The molecule has 0 fully saturated rings. The number of hydrogen-bond donors (Lipinski definition) is 1. The fourth-order valence-corrected chi connectivity index (χ4v) is 1.63. The average molecular weight is 315 g/mol. The average Bonchev–Trinajstić information content (AvgIpc) is 2.48. The Morgan fingerprint density at radius 2 is 1.95 bits per heavy atom. The van der Waals surface area contributed by atoms with E-state index in [-0.39, 0.29) is 5.56 Å². The zero-order chi connectivity index (χ0) is 16.5. The molecule has 0 aliphatic carbocycles. The Hall–Kier alpha value is -2.71. The lowest BCUT2D eigenvalue weighted by Crippen LogP contribution is -2.16. The van der Waals surface area contributed by atoms with Crippen LogP contribution < -0.4 is 10.5 Å². The molecule has 2 N–H and O–H groups in total. The Balaban J connectivity index is 2.56. The molecule has 0 unspecified atom stereocenters. The quantitative estimate of drug-likeness (QED) is 0.535. The number of nitrogens with zero attached hydrogens (tertiary/aromatic N) is 2. The topological polar surface area (TPSA) is 78.1 Å². The lowest BCUT2D eigenvalue weighted by Gasteiger charge is -2.10. The van der Waals surface area contributed by atoms with Crippen molar-refractivity contribution in [1.82, 2.24) is 9.97 Å². The molecule has 2 aromatic rings. The third kappa shape index (κ3) is 2.97. The molecule has 1 aromatic carbocycles. The van der Waals surface area contributed by atoms with Crippen LogP contribution in [0.3, 0.4) is 0 Å². The van der Waals surface area contributed by atoms with Crippen molar-refractivity contribution >= 4 is 11.5 Å². The molecule has 1 heterocycles. The van der Waals surface area contributed by atoms with Crippen LogP contribution >= 0.6 is 0 Å². The number of carbonyl (C=O) groups is 1. The van der Waals surface area contributed by atoms with Crippen molar-refractivity contribution in [3.8, 4) is 5.88 Å². The molecular formula is C13H9F4N3O2. The van der Waals surface area contributed by atoms with Gasteiger partial charge in [0.2, 0.25) is 17.5 Å². The van der Waals surface area contributed by atoms with E-state index < -0.39 is 40.9 Å². The summed E-state index contributed by atoms with van der Waals surface area (Å²) in [6.45, 7) is 0. The third-order valence-corrected chi connectivity index (χ3v) is 2.70. The van der Waals surface area contributed by atoms with Crippen LogP contribution in [0.5, 0.6) is 5.88 Å². The molecule has 0 aliphatic heterocycles. The number of benzene rings is 1. The van der Waals surface area contributed by atoms with Gasteiger partial charge in [0.05, 0.1) is 18.4 Å². The highest BCUT2D eigenvalue weighted by Crippen LogP contribution is 2.30. The molecule has 2 rings (SSSR count). The van der Waals surface area contributed by atoms with Crippen LogP contribution in [0.1, 0.15) is 21.9 Å². The van der Waals surface area contributed by atoms with Gasteiger partial charge in [-0.1, -0.05) is 6.07 Å². The molecule has 0 bridgehead atoms. The minimum absolute atomic E-state index is 0.332. The summed E-state index contributed by atoms with van der Waals surface area (Å²) in [5, 5.41) is 0. The summed E-state index contributed by atoms with van der Waals surface area (Å²) >= 11 is 0. The first-order chi connectivity index (χ1) is 10.2. The highest BCUT2D eigenvalue weighted by atomic mass is 19.4. The van der Waals surface area contributed by atoms with Crippen molar-refractivity contribution in [3.63, 3.8) is 0 Å². The number of ketones is 1. The molecule has 0 atom stereocenters. The van der Waals surface area contributed by atoms with Crippen LogP contribution in [0.4, 0.5) is 23.2 Å². The molecule has 1 aromatic heterocycles. The molecular weight excluding hydrogens is 306 g/mol. The van der Waals surface area contributed by atoms with Gasteiger partial charge in [-0.2, -0.15) is 18.2 Å². The van der Waals surface area contributed by atoms with E-state index in [0.29, 0.717) is 6.07 Å². The Kier molecular flexibility index (Phi) is 3.98. The highest BCUT2D eigenvalue weighted by molar-refractivity contribution is 6.09. The van der Waals surface area contributed by atoms with Gasteiger partial charge in [-0.15, -0.1) is 0 Å². The van der Waals surface area contributed by atoms with E-state index in [1.54, 1.807) is 0 Å². The van der Waals surface area contributed by atoms with Crippen LogP contribution in [0, 0.1) is 5.82 Å². The minimum atomic E-state index is -4.79. The summed E-state index contributed by atoms with van der Waals surface area (Å²) in [6.07, 6.45) is -4.79. The molecule has 116 valence electrons. The van der Waals surface area contributed by atoms with Crippen molar-refractivity contribution in [1.29, 1.82) is 0 Å². The smallest absolute Gasteiger partial charge is 0.433 e. The summed E-state index contributed by atoms with van der Waals surface area (Å²) < 4.78 is 56.2. The molecule has 0 radical (unpaired) electrons. The third-order valence-electron chi connectivity index (χ3n) is 2.70. The van der Waals surface area contributed by atoms with Gasteiger partial charge in [0, 0.05) is 6.07 Å². The fraction of sp³-hybridized carbons (Fsp3) is 0.154. The Labute approximate surface area is 121 Å². The van der Waals surface area contributed by atoms with E-state index in [2.05, 4.69) is 14.7 Å². The van der Waals surface area contributed by atoms with Crippen molar-refractivity contribution in [3.05, 3.63) is 47.2 Å². The molecule has 5 nitrogen and oxygen atoms in total. The number of nitrogen functional groups attached to an aromatic ring is 1. The first kappa shape index (κ1) is 15.7. The number of rotatable bonds is 3. The van der Waals surface area contributed by atoms with Gasteiger partial charge in [0.25, 0.3) is 0 Å². The summed E-state index contributed by atoms with van der Waals surface area (Å²) in [5.74, 6) is -3.14. The standard InChI is InChI=1S/C13H9F4N3O2/c1-22-9-5-8(13(15,16)17)19-12(20-9)11(21)6-3-2-4-7(14)10(6)18/h2-5H,18H2,1H3. The second kappa shape index (κ2) is 5.58. The number of alkyl halides is 3. The van der Waals surface area contributed by atoms with Gasteiger partial charge >= 0.3 is 6.18 Å². The van der Waals surface area contributed by atoms with Gasteiger partial charge in [-0.05, 0) is 12.1 Å². The maximum Gasteiger partial charge on any atom is 0.433 e. The number of carbonyl (C=O) groups excluding carboxylic acids is 1. The minimum Gasteiger partial charge on any atom is -0.481 e.